The summed E-state index contributed by atoms with van der Waals surface area (Å²) in [5, 5.41) is 0. The van der Waals surface area contributed by atoms with Gasteiger partial charge in [0.25, 0.3) is 0 Å². The van der Waals surface area contributed by atoms with Crippen LogP contribution in [0.5, 0.6) is 5.75 Å². The minimum absolute atomic E-state index is 0.383. The molecule has 1 aromatic rings. The number of hydrogen-bond donors (Lipinski definition) is 0. The molecule has 1 nitrogen and oxygen atoms in total. The zero-order chi connectivity index (χ0) is 8.97. The molecule has 1 aromatic carbocycles. The van der Waals surface area contributed by atoms with E-state index in [4.69, 9.17) is 4.74 Å². The standard InChI is InChI=1S/C10H13FO/c1-3-10(11)12-9-6-4-8(2)5-7-9/h4-7,10H,3H2,1-2H3. The Balaban J connectivity index is 2.58. The van der Waals surface area contributed by atoms with Gasteiger partial charge in [0.2, 0.25) is 6.36 Å². The molecular weight excluding hydrogens is 155 g/mol. The average Bonchev–Trinajstić information content (AvgIpc) is 2.09. The van der Waals surface area contributed by atoms with Gasteiger partial charge in [-0.2, -0.15) is 0 Å². The molecule has 0 N–H and O–H groups in total. The molecule has 1 rings (SSSR count). The smallest absolute Gasteiger partial charge is 0.238 e. The number of hydrogen-bond acceptors (Lipinski definition) is 1. The van der Waals surface area contributed by atoms with Crippen LogP contribution in [0.15, 0.2) is 24.3 Å². The first-order valence-electron chi connectivity index (χ1n) is 4.09. The lowest BCUT2D eigenvalue weighted by Crippen LogP contribution is -2.07. The average molecular weight is 168 g/mol. The van der Waals surface area contributed by atoms with Gasteiger partial charge in [0.05, 0.1) is 0 Å². The summed E-state index contributed by atoms with van der Waals surface area (Å²) in [4.78, 5) is 0. The van der Waals surface area contributed by atoms with Crippen LogP contribution in [-0.2, 0) is 0 Å². The fourth-order valence-electron chi connectivity index (χ4n) is 0.848. The molecule has 12 heavy (non-hydrogen) atoms. The molecule has 0 saturated carbocycles. The highest BCUT2D eigenvalue weighted by atomic mass is 19.1. The van der Waals surface area contributed by atoms with Crippen molar-refractivity contribution in [3.05, 3.63) is 29.8 Å². The molecular formula is C10H13FO. The Hall–Kier alpha value is -1.05. The van der Waals surface area contributed by atoms with Gasteiger partial charge < -0.3 is 4.74 Å². The molecule has 0 radical (unpaired) electrons. The van der Waals surface area contributed by atoms with E-state index >= 15 is 0 Å². The largest absolute Gasteiger partial charge is 0.460 e. The van der Waals surface area contributed by atoms with E-state index in [1.54, 1.807) is 19.1 Å². The Morgan fingerprint density at radius 3 is 2.42 bits per heavy atom. The van der Waals surface area contributed by atoms with Gasteiger partial charge in [0.1, 0.15) is 5.75 Å². The lowest BCUT2D eigenvalue weighted by atomic mass is 10.2. The predicted octanol–water partition coefficient (Wildman–Crippen LogP) is 3.08. The van der Waals surface area contributed by atoms with Gasteiger partial charge >= 0.3 is 0 Å². The summed E-state index contributed by atoms with van der Waals surface area (Å²) in [5.74, 6) is 0.593. The Kier molecular flexibility index (Phi) is 3.09. The van der Waals surface area contributed by atoms with Crippen LogP contribution < -0.4 is 4.74 Å². The fraction of sp³-hybridized carbons (Fsp3) is 0.400. The van der Waals surface area contributed by atoms with Gasteiger partial charge in [-0.15, -0.1) is 0 Å². The van der Waals surface area contributed by atoms with Crippen molar-refractivity contribution in [2.75, 3.05) is 0 Å². The zero-order valence-corrected chi connectivity index (χ0v) is 7.38. The van der Waals surface area contributed by atoms with Crippen molar-refractivity contribution < 1.29 is 9.13 Å². The van der Waals surface area contributed by atoms with Crippen LogP contribution in [0.2, 0.25) is 0 Å². The zero-order valence-electron chi connectivity index (χ0n) is 7.38. The van der Waals surface area contributed by atoms with Gasteiger partial charge in [0, 0.05) is 6.42 Å². The molecule has 0 aromatic heterocycles. The first-order valence-corrected chi connectivity index (χ1v) is 4.09. The van der Waals surface area contributed by atoms with Crippen molar-refractivity contribution in [3.8, 4) is 5.75 Å². The second kappa shape index (κ2) is 4.10. The maximum atomic E-state index is 12.7. The number of alkyl halides is 1. The summed E-state index contributed by atoms with van der Waals surface area (Å²) in [7, 11) is 0. The number of ether oxygens (including phenoxy) is 1. The van der Waals surface area contributed by atoms with Crippen LogP contribution in [0.25, 0.3) is 0 Å². The summed E-state index contributed by atoms with van der Waals surface area (Å²) < 4.78 is 17.6. The van der Waals surface area contributed by atoms with Gasteiger partial charge in [-0.25, -0.2) is 4.39 Å². The van der Waals surface area contributed by atoms with Gasteiger partial charge in [-0.05, 0) is 19.1 Å². The summed E-state index contributed by atoms with van der Waals surface area (Å²) in [6.07, 6.45) is -0.804. The summed E-state index contributed by atoms with van der Waals surface area (Å²) in [6, 6.07) is 7.35. The van der Waals surface area contributed by atoms with E-state index in [1.807, 2.05) is 19.1 Å². The fourth-order valence-corrected chi connectivity index (χ4v) is 0.848. The summed E-state index contributed by atoms with van der Waals surface area (Å²) in [6.45, 7) is 3.73. The van der Waals surface area contributed by atoms with Crippen molar-refractivity contribution in [3.63, 3.8) is 0 Å². The van der Waals surface area contributed by atoms with Crippen molar-refractivity contribution in [1.29, 1.82) is 0 Å². The Morgan fingerprint density at radius 2 is 1.92 bits per heavy atom. The minimum Gasteiger partial charge on any atom is -0.460 e. The monoisotopic (exact) mass is 168 g/mol. The van der Waals surface area contributed by atoms with E-state index in [0.29, 0.717) is 12.2 Å². The lowest BCUT2D eigenvalue weighted by Gasteiger charge is -2.08. The van der Waals surface area contributed by atoms with Crippen molar-refractivity contribution in [1.82, 2.24) is 0 Å². The van der Waals surface area contributed by atoms with E-state index < -0.39 is 6.36 Å². The molecule has 1 atom stereocenters. The van der Waals surface area contributed by atoms with E-state index in [9.17, 15) is 4.39 Å². The van der Waals surface area contributed by atoms with Crippen LogP contribution in [0.1, 0.15) is 18.9 Å². The Labute approximate surface area is 72.2 Å². The second-order valence-electron chi connectivity index (χ2n) is 2.75. The number of rotatable bonds is 3. The van der Waals surface area contributed by atoms with Crippen LogP contribution in [0, 0.1) is 6.92 Å². The normalized spacial score (nSPS) is 12.6. The van der Waals surface area contributed by atoms with Crippen LogP contribution >= 0.6 is 0 Å². The molecule has 0 amide bonds. The molecule has 0 fully saturated rings. The Bertz CT molecular complexity index is 230. The van der Waals surface area contributed by atoms with E-state index in [1.165, 1.54) is 0 Å². The molecule has 0 aliphatic carbocycles. The minimum atomic E-state index is -1.19. The Morgan fingerprint density at radius 1 is 1.33 bits per heavy atom. The molecule has 66 valence electrons. The third-order valence-electron chi connectivity index (χ3n) is 1.61. The third kappa shape index (κ3) is 2.53. The van der Waals surface area contributed by atoms with Crippen LogP contribution in [-0.4, -0.2) is 6.36 Å². The highest BCUT2D eigenvalue weighted by molar-refractivity contribution is 5.26. The maximum absolute atomic E-state index is 12.7. The third-order valence-corrected chi connectivity index (χ3v) is 1.61. The van der Waals surface area contributed by atoms with Crippen LogP contribution in [0.3, 0.4) is 0 Å². The molecule has 0 aliphatic rings. The van der Waals surface area contributed by atoms with Gasteiger partial charge in [-0.3, -0.25) is 0 Å². The van der Waals surface area contributed by atoms with E-state index in [2.05, 4.69) is 0 Å². The molecule has 0 aliphatic heterocycles. The lowest BCUT2D eigenvalue weighted by molar-refractivity contribution is 0.0642. The molecule has 0 spiro atoms. The van der Waals surface area contributed by atoms with Crippen molar-refractivity contribution >= 4 is 0 Å². The molecule has 0 heterocycles. The van der Waals surface area contributed by atoms with Crippen LogP contribution in [0.4, 0.5) is 4.39 Å². The topological polar surface area (TPSA) is 9.23 Å². The summed E-state index contributed by atoms with van der Waals surface area (Å²) >= 11 is 0. The molecule has 1 unspecified atom stereocenters. The number of benzene rings is 1. The van der Waals surface area contributed by atoms with Crippen molar-refractivity contribution in [2.24, 2.45) is 0 Å². The van der Waals surface area contributed by atoms with E-state index in [-0.39, 0.29) is 0 Å². The first kappa shape index (κ1) is 9.04. The first-order chi connectivity index (χ1) is 5.72. The quantitative estimate of drug-likeness (QED) is 0.674. The highest BCUT2D eigenvalue weighted by Gasteiger charge is 2.02. The maximum Gasteiger partial charge on any atom is 0.238 e. The van der Waals surface area contributed by atoms with Crippen molar-refractivity contribution in [2.45, 2.75) is 26.6 Å². The highest BCUT2D eigenvalue weighted by Crippen LogP contribution is 2.14. The molecule has 0 saturated heterocycles. The molecule has 0 bridgehead atoms. The van der Waals surface area contributed by atoms with Gasteiger partial charge in [-0.1, -0.05) is 24.6 Å². The number of halogens is 1. The summed E-state index contributed by atoms with van der Waals surface area (Å²) in [5.41, 5.74) is 1.15. The molecule has 2 heteroatoms. The SMILES string of the molecule is CCC(F)Oc1ccc(C)cc1. The second-order valence-corrected chi connectivity index (χ2v) is 2.75. The van der Waals surface area contributed by atoms with Gasteiger partial charge in [0.15, 0.2) is 0 Å². The predicted molar refractivity (Wildman–Crippen MR) is 47.0 cm³/mol. The van der Waals surface area contributed by atoms with E-state index in [0.717, 1.165) is 5.56 Å². The number of aryl methyl sites for hydroxylation is 1.